The highest BCUT2D eigenvalue weighted by molar-refractivity contribution is 9.10. The minimum absolute atomic E-state index is 0.0178. The first-order valence-corrected chi connectivity index (χ1v) is 7.23. The SMILES string of the molecule is CNC(c1cc(C)cc(Br)c1)c1c(F)cc(OC)cc1F. The molecule has 2 rings (SSSR count). The zero-order chi connectivity index (χ0) is 15.6. The van der Waals surface area contributed by atoms with Crippen LogP contribution in [0, 0.1) is 18.6 Å². The van der Waals surface area contributed by atoms with Crippen LogP contribution in [0.25, 0.3) is 0 Å². The number of methoxy groups -OCH3 is 1. The number of rotatable bonds is 4. The Morgan fingerprint density at radius 2 is 1.71 bits per heavy atom. The molecule has 0 heterocycles. The minimum Gasteiger partial charge on any atom is -0.497 e. The largest absolute Gasteiger partial charge is 0.497 e. The second-order valence-corrected chi connectivity index (χ2v) is 5.70. The highest BCUT2D eigenvalue weighted by Crippen LogP contribution is 2.31. The summed E-state index contributed by atoms with van der Waals surface area (Å²) in [4.78, 5) is 0. The van der Waals surface area contributed by atoms with Gasteiger partial charge in [-0.3, -0.25) is 0 Å². The maximum atomic E-state index is 14.3. The monoisotopic (exact) mass is 355 g/mol. The summed E-state index contributed by atoms with van der Waals surface area (Å²) in [6.45, 7) is 1.93. The molecular formula is C16H16BrF2NO. The van der Waals surface area contributed by atoms with Crippen LogP contribution in [0.2, 0.25) is 0 Å². The quantitative estimate of drug-likeness (QED) is 0.879. The van der Waals surface area contributed by atoms with E-state index in [-0.39, 0.29) is 11.3 Å². The fourth-order valence-corrected chi connectivity index (χ4v) is 2.99. The van der Waals surface area contributed by atoms with E-state index >= 15 is 0 Å². The van der Waals surface area contributed by atoms with Crippen molar-refractivity contribution in [3.05, 3.63) is 63.1 Å². The van der Waals surface area contributed by atoms with E-state index in [2.05, 4.69) is 21.2 Å². The second kappa shape index (κ2) is 6.54. The van der Waals surface area contributed by atoms with Gasteiger partial charge < -0.3 is 10.1 Å². The number of hydrogen-bond donors (Lipinski definition) is 1. The Morgan fingerprint density at radius 3 is 2.19 bits per heavy atom. The first-order valence-electron chi connectivity index (χ1n) is 6.43. The Hall–Kier alpha value is -1.46. The molecule has 0 saturated carbocycles. The summed E-state index contributed by atoms with van der Waals surface area (Å²) >= 11 is 3.41. The van der Waals surface area contributed by atoms with Crippen molar-refractivity contribution in [2.75, 3.05) is 14.2 Å². The number of nitrogens with one attached hydrogen (secondary N) is 1. The summed E-state index contributed by atoms with van der Waals surface area (Å²) in [5.41, 5.74) is 1.78. The van der Waals surface area contributed by atoms with Gasteiger partial charge in [-0.2, -0.15) is 0 Å². The van der Waals surface area contributed by atoms with Crippen molar-refractivity contribution in [1.29, 1.82) is 0 Å². The lowest BCUT2D eigenvalue weighted by molar-refractivity contribution is 0.403. The van der Waals surface area contributed by atoms with Crippen LogP contribution in [0.5, 0.6) is 5.75 Å². The van der Waals surface area contributed by atoms with Crippen molar-refractivity contribution in [2.24, 2.45) is 0 Å². The Bertz CT molecular complexity index is 617. The van der Waals surface area contributed by atoms with Gasteiger partial charge in [0.05, 0.1) is 13.2 Å². The summed E-state index contributed by atoms with van der Waals surface area (Å²) in [6, 6.07) is 7.48. The Kier molecular flexibility index (Phi) is 4.96. The average molecular weight is 356 g/mol. The van der Waals surface area contributed by atoms with E-state index in [1.54, 1.807) is 7.05 Å². The smallest absolute Gasteiger partial charge is 0.134 e. The zero-order valence-corrected chi connectivity index (χ0v) is 13.6. The molecule has 0 aliphatic carbocycles. The van der Waals surface area contributed by atoms with Crippen LogP contribution in [0.4, 0.5) is 8.78 Å². The third kappa shape index (κ3) is 3.41. The predicted molar refractivity (Wildman–Crippen MR) is 82.7 cm³/mol. The number of ether oxygens (including phenoxy) is 1. The van der Waals surface area contributed by atoms with E-state index in [1.807, 2.05) is 25.1 Å². The van der Waals surface area contributed by atoms with Crippen molar-refractivity contribution in [1.82, 2.24) is 5.32 Å². The zero-order valence-electron chi connectivity index (χ0n) is 12.0. The molecule has 0 radical (unpaired) electrons. The van der Waals surface area contributed by atoms with Gasteiger partial charge in [-0.1, -0.05) is 22.0 Å². The molecule has 2 aromatic rings. The maximum Gasteiger partial charge on any atom is 0.134 e. The number of aryl methyl sites for hydroxylation is 1. The summed E-state index contributed by atoms with van der Waals surface area (Å²) < 4.78 is 34.2. The lowest BCUT2D eigenvalue weighted by Gasteiger charge is -2.20. The molecule has 1 unspecified atom stereocenters. The van der Waals surface area contributed by atoms with Crippen LogP contribution >= 0.6 is 15.9 Å². The second-order valence-electron chi connectivity index (χ2n) is 4.79. The molecule has 0 aliphatic heterocycles. The summed E-state index contributed by atoms with van der Waals surface area (Å²) in [5.74, 6) is -1.11. The lowest BCUT2D eigenvalue weighted by atomic mass is 9.96. The molecule has 0 saturated heterocycles. The topological polar surface area (TPSA) is 21.3 Å². The Morgan fingerprint density at radius 1 is 1.10 bits per heavy atom. The molecule has 0 aromatic heterocycles. The van der Waals surface area contributed by atoms with E-state index in [4.69, 9.17) is 4.74 Å². The van der Waals surface area contributed by atoms with Gasteiger partial charge in [0.25, 0.3) is 0 Å². The van der Waals surface area contributed by atoms with Gasteiger partial charge in [0.2, 0.25) is 0 Å². The summed E-state index contributed by atoms with van der Waals surface area (Å²) in [6.07, 6.45) is 0. The van der Waals surface area contributed by atoms with Gasteiger partial charge in [0.1, 0.15) is 17.4 Å². The van der Waals surface area contributed by atoms with Gasteiger partial charge in [-0.25, -0.2) is 8.78 Å². The number of hydrogen-bond acceptors (Lipinski definition) is 2. The average Bonchev–Trinajstić information content (AvgIpc) is 2.41. The predicted octanol–water partition coefficient (Wildman–Crippen LogP) is 4.35. The van der Waals surface area contributed by atoms with Crippen molar-refractivity contribution in [2.45, 2.75) is 13.0 Å². The summed E-state index contributed by atoms with van der Waals surface area (Å²) in [7, 11) is 3.05. The fraction of sp³-hybridized carbons (Fsp3) is 0.250. The van der Waals surface area contributed by atoms with E-state index in [0.717, 1.165) is 15.6 Å². The highest BCUT2D eigenvalue weighted by atomic mass is 79.9. The Labute approximate surface area is 131 Å². The van der Waals surface area contributed by atoms with Crippen LogP contribution in [-0.4, -0.2) is 14.2 Å². The first-order chi connectivity index (χ1) is 9.96. The highest BCUT2D eigenvalue weighted by Gasteiger charge is 2.22. The molecule has 0 aliphatic rings. The van der Waals surface area contributed by atoms with Crippen molar-refractivity contribution in [3.8, 4) is 5.75 Å². The standard InChI is InChI=1S/C16H16BrF2NO/c1-9-4-10(6-11(17)5-9)16(20-2)15-13(18)7-12(21-3)8-14(15)19/h4-8,16,20H,1-3H3. The molecule has 0 amide bonds. The molecule has 0 bridgehead atoms. The van der Waals surface area contributed by atoms with Crippen molar-refractivity contribution >= 4 is 15.9 Å². The maximum absolute atomic E-state index is 14.3. The number of halogens is 3. The van der Waals surface area contributed by atoms with Gasteiger partial charge in [0, 0.05) is 22.2 Å². The van der Waals surface area contributed by atoms with E-state index in [0.29, 0.717) is 0 Å². The molecule has 0 spiro atoms. The van der Waals surface area contributed by atoms with Gasteiger partial charge >= 0.3 is 0 Å². The first kappa shape index (κ1) is 15.9. The summed E-state index contributed by atoms with van der Waals surface area (Å²) in [5, 5.41) is 2.97. The van der Waals surface area contributed by atoms with Crippen molar-refractivity contribution in [3.63, 3.8) is 0 Å². The van der Waals surface area contributed by atoms with Crippen LogP contribution in [0.15, 0.2) is 34.8 Å². The Balaban J connectivity index is 2.56. The molecule has 2 nitrogen and oxygen atoms in total. The molecule has 0 fully saturated rings. The third-order valence-electron chi connectivity index (χ3n) is 3.26. The van der Waals surface area contributed by atoms with E-state index < -0.39 is 17.7 Å². The molecule has 21 heavy (non-hydrogen) atoms. The van der Waals surface area contributed by atoms with E-state index in [1.165, 1.54) is 19.2 Å². The molecule has 1 N–H and O–H groups in total. The van der Waals surface area contributed by atoms with Gasteiger partial charge in [-0.05, 0) is 37.2 Å². The van der Waals surface area contributed by atoms with Gasteiger partial charge in [-0.15, -0.1) is 0 Å². The molecular weight excluding hydrogens is 340 g/mol. The van der Waals surface area contributed by atoms with Crippen LogP contribution in [-0.2, 0) is 0 Å². The fourth-order valence-electron chi connectivity index (χ4n) is 2.36. The van der Waals surface area contributed by atoms with Gasteiger partial charge in [0.15, 0.2) is 0 Å². The van der Waals surface area contributed by atoms with Crippen molar-refractivity contribution < 1.29 is 13.5 Å². The number of benzene rings is 2. The molecule has 112 valence electrons. The molecule has 5 heteroatoms. The molecule has 1 atom stereocenters. The van der Waals surface area contributed by atoms with Crippen LogP contribution in [0.1, 0.15) is 22.7 Å². The third-order valence-corrected chi connectivity index (χ3v) is 3.72. The van der Waals surface area contributed by atoms with E-state index in [9.17, 15) is 8.78 Å². The minimum atomic E-state index is -0.635. The van der Waals surface area contributed by atoms with Crippen LogP contribution < -0.4 is 10.1 Å². The normalized spacial score (nSPS) is 12.3. The lowest BCUT2D eigenvalue weighted by Crippen LogP contribution is -2.20. The molecule has 2 aromatic carbocycles. The van der Waals surface area contributed by atoms with Crippen LogP contribution in [0.3, 0.4) is 0 Å².